The number of amides is 1. The monoisotopic (exact) mass is 333 g/mol. The number of likely N-dealkylation sites (tertiary alicyclic amines) is 1. The molecule has 0 aliphatic carbocycles. The van der Waals surface area contributed by atoms with Crippen LogP contribution in [0.1, 0.15) is 24.3 Å². The lowest BCUT2D eigenvalue weighted by atomic mass is 10.0. The summed E-state index contributed by atoms with van der Waals surface area (Å²) >= 11 is 0. The standard InChI is InChI=1S/C16H23N5O3/c1-12-6-14(24-19-12)7-13-8-20(9-15(13)23-2)16(22)4-3-5-21-11-17-10-18-21/h6,10-11,13,15H,3-5,7-9H2,1-2H3/t13-,15+/m1/s1. The van der Waals surface area contributed by atoms with Crippen LogP contribution < -0.4 is 0 Å². The third-order valence-corrected chi connectivity index (χ3v) is 4.42. The van der Waals surface area contributed by atoms with Crippen molar-refractivity contribution < 1.29 is 14.1 Å². The molecular formula is C16H23N5O3. The molecule has 1 saturated heterocycles. The van der Waals surface area contributed by atoms with E-state index in [1.165, 1.54) is 6.33 Å². The first kappa shape index (κ1) is 16.6. The fourth-order valence-corrected chi connectivity index (χ4v) is 3.18. The van der Waals surface area contributed by atoms with Gasteiger partial charge in [-0.2, -0.15) is 5.10 Å². The largest absolute Gasteiger partial charge is 0.379 e. The number of methoxy groups -OCH3 is 1. The number of carbonyl (C=O) groups excluding carboxylic acids is 1. The Morgan fingerprint density at radius 1 is 1.46 bits per heavy atom. The first-order chi connectivity index (χ1) is 11.7. The van der Waals surface area contributed by atoms with Crippen molar-refractivity contribution in [1.82, 2.24) is 24.8 Å². The van der Waals surface area contributed by atoms with Crippen LogP contribution in [0.15, 0.2) is 23.2 Å². The molecule has 0 N–H and O–H groups in total. The predicted molar refractivity (Wildman–Crippen MR) is 85.1 cm³/mol. The van der Waals surface area contributed by atoms with Crippen LogP contribution in [-0.2, 0) is 22.5 Å². The van der Waals surface area contributed by atoms with E-state index in [-0.39, 0.29) is 17.9 Å². The van der Waals surface area contributed by atoms with Gasteiger partial charge in [-0.25, -0.2) is 4.98 Å². The zero-order valence-electron chi connectivity index (χ0n) is 14.1. The van der Waals surface area contributed by atoms with Gasteiger partial charge in [0, 0.05) is 51.6 Å². The molecule has 8 nitrogen and oxygen atoms in total. The zero-order valence-corrected chi connectivity index (χ0v) is 14.1. The highest BCUT2D eigenvalue weighted by atomic mass is 16.5. The van der Waals surface area contributed by atoms with Gasteiger partial charge in [-0.05, 0) is 13.3 Å². The van der Waals surface area contributed by atoms with Crippen molar-refractivity contribution in [3.63, 3.8) is 0 Å². The maximum Gasteiger partial charge on any atom is 0.222 e. The lowest BCUT2D eigenvalue weighted by Gasteiger charge is -2.15. The van der Waals surface area contributed by atoms with Crippen LogP contribution in [0.4, 0.5) is 0 Å². The molecule has 3 heterocycles. The minimum Gasteiger partial charge on any atom is -0.379 e. The van der Waals surface area contributed by atoms with Gasteiger partial charge in [-0.1, -0.05) is 5.16 Å². The van der Waals surface area contributed by atoms with E-state index in [1.54, 1.807) is 18.1 Å². The lowest BCUT2D eigenvalue weighted by molar-refractivity contribution is -0.130. The number of rotatable bonds is 7. The van der Waals surface area contributed by atoms with Gasteiger partial charge >= 0.3 is 0 Å². The number of nitrogens with zero attached hydrogens (tertiary/aromatic N) is 5. The minimum atomic E-state index is 0.0367. The third kappa shape index (κ3) is 4.00. The molecule has 3 rings (SSSR count). The molecule has 130 valence electrons. The van der Waals surface area contributed by atoms with Crippen LogP contribution in [0, 0.1) is 12.8 Å². The zero-order chi connectivity index (χ0) is 16.9. The van der Waals surface area contributed by atoms with Crippen molar-refractivity contribution in [2.24, 2.45) is 5.92 Å². The van der Waals surface area contributed by atoms with Crippen molar-refractivity contribution in [3.8, 4) is 0 Å². The summed E-state index contributed by atoms with van der Waals surface area (Å²) in [5.74, 6) is 1.25. The normalized spacial score (nSPS) is 20.7. The van der Waals surface area contributed by atoms with Crippen molar-refractivity contribution in [1.29, 1.82) is 0 Å². The van der Waals surface area contributed by atoms with E-state index in [1.807, 2.05) is 17.9 Å². The number of hydrogen-bond acceptors (Lipinski definition) is 6. The maximum atomic E-state index is 12.4. The molecule has 8 heteroatoms. The minimum absolute atomic E-state index is 0.0367. The molecule has 0 spiro atoms. The van der Waals surface area contributed by atoms with Crippen molar-refractivity contribution in [3.05, 3.63) is 30.2 Å². The van der Waals surface area contributed by atoms with Crippen LogP contribution in [-0.4, -0.2) is 57.0 Å². The van der Waals surface area contributed by atoms with Crippen molar-refractivity contribution in [2.75, 3.05) is 20.2 Å². The Bertz CT molecular complexity index is 654. The molecule has 2 aromatic rings. The smallest absolute Gasteiger partial charge is 0.222 e. The fourth-order valence-electron chi connectivity index (χ4n) is 3.18. The predicted octanol–water partition coefficient (Wildman–Crippen LogP) is 1.07. The highest BCUT2D eigenvalue weighted by molar-refractivity contribution is 5.76. The van der Waals surface area contributed by atoms with Crippen molar-refractivity contribution >= 4 is 5.91 Å². The van der Waals surface area contributed by atoms with Gasteiger partial charge in [0.1, 0.15) is 18.4 Å². The van der Waals surface area contributed by atoms with Gasteiger partial charge in [0.2, 0.25) is 5.91 Å². The van der Waals surface area contributed by atoms with E-state index in [9.17, 15) is 4.79 Å². The molecule has 1 fully saturated rings. The molecule has 0 radical (unpaired) electrons. The van der Waals surface area contributed by atoms with Crippen LogP contribution in [0.2, 0.25) is 0 Å². The number of ether oxygens (including phenoxy) is 1. The SMILES string of the molecule is CO[C@H]1CN(C(=O)CCCn2cncn2)C[C@H]1Cc1cc(C)no1. The Kier molecular flexibility index (Phi) is 5.24. The van der Waals surface area contributed by atoms with Crippen LogP contribution in [0.5, 0.6) is 0 Å². The summed E-state index contributed by atoms with van der Waals surface area (Å²) in [5, 5.41) is 7.96. The number of carbonyl (C=O) groups is 1. The Morgan fingerprint density at radius 2 is 2.33 bits per heavy atom. The van der Waals surface area contributed by atoms with Crippen LogP contribution in [0.25, 0.3) is 0 Å². The van der Waals surface area contributed by atoms with E-state index < -0.39 is 0 Å². The highest BCUT2D eigenvalue weighted by Gasteiger charge is 2.35. The van der Waals surface area contributed by atoms with E-state index in [0.717, 1.165) is 24.3 Å². The first-order valence-electron chi connectivity index (χ1n) is 8.21. The molecule has 0 saturated carbocycles. The quantitative estimate of drug-likeness (QED) is 0.753. The molecule has 1 amide bonds. The van der Waals surface area contributed by atoms with Gasteiger partial charge < -0.3 is 14.2 Å². The first-order valence-corrected chi connectivity index (χ1v) is 8.21. The van der Waals surface area contributed by atoms with Crippen molar-refractivity contribution in [2.45, 2.75) is 38.8 Å². The molecule has 1 aliphatic heterocycles. The topological polar surface area (TPSA) is 86.3 Å². The third-order valence-electron chi connectivity index (χ3n) is 4.42. The molecular weight excluding hydrogens is 310 g/mol. The van der Waals surface area contributed by atoms with Gasteiger partial charge in [0.05, 0.1) is 11.8 Å². The fraction of sp³-hybridized carbons (Fsp3) is 0.625. The number of aromatic nitrogens is 4. The summed E-state index contributed by atoms with van der Waals surface area (Å²) in [7, 11) is 1.70. The molecule has 0 aromatic carbocycles. The number of hydrogen-bond donors (Lipinski definition) is 0. The van der Waals surface area contributed by atoms with E-state index in [0.29, 0.717) is 26.1 Å². The lowest BCUT2D eigenvalue weighted by Crippen LogP contribution is -2.29. The molecule has 0 unspecified atom stereocenters. The second kappa shape index (κ2) is 7.57. The highest BCUT2D eigenvalue weighted by Crippen LogP contribution is 2.24. The second-order valence-corrected chi connectivity index (χ2v) is 6.23. The Morgan fingerprint density at radius 3 is 3.00 bits per heavy atom. The summed E-state index contributed by atoms with van der Waals surface area (Å²) in [4.78, 5) is 18.2. The molecule has 2 atom stereocenters. The summed E-state index contributed by atoms with van der Waals surface area (Å²) in [6.45, 7) is 3.94. The summed E-state index contributed by atoms with van der Waals surface area (Å²) in [5.41, 5.74) is 0.873. The van der Waals surface area contributed by atoms with Gasteiger partial charge in [-0.3, -0.25) is 9.48 Å². The maximum absolute atomic E-state index is 12.4. The summed E-state index contributed by atoms with van der Waals surface area (Å²) in [6, 6.07) is 1.94. The van der Waals surface area contributed by atoms with Crippen LogP contribution in [0.3, 0.4) is 0 Å². The van der Waals surface area contributed by atoms with Crippen LogP contribution >= 0.6 is 0 Å². The molecule has 2 aromatic heterocycles. The van der Waals surface area contributed by atoms with Gasteiger partial charge in [-0.15, -0.1) is 0 Å². The molecule has 1 aliphatic rings. The average molecular weight is 333 g/mol. The van der Waals surface area contributed by atoms with Gasteiger partial charge in [0.15, 0.2) is 0 Å². The molecule has 0 bridgehead atoms. The average Bonchev–Trinajstić information content (AvgIpc) is 3.29. The summed E-state index contributed by atoms with van der Waals surface area (Å²) in [6.07, 6.45) is 5.20. The Labute approximate surface area is 140 Å². The van der Waals surface area contributed by atoms with E-state index >= 15 is 0 Å². The number of aryl methyl sites for hydroxylation is 2. The second-order valence-electron chi connectivity index (χ2n) is 6.23. The van der Waals surface area contributed by atoms with E-state index in [2.05, 4.69) is 15.2 Å². The summed E-state index contributed by atoms with van der Waals surface area (Å²) < 4.78 is 12.6. The van der Waals surface area contributed by atoms with E-state index in [4.69, 9.17) is 9.26 Å². The van der Waals surface area contributed by atoms with Gasteiger partial charge in [0.25, 0.3) is 0 Å². The molecule has 24 heavy (non-hydrogen) atoms. The Balaban J connectivity index is 1.50. The Hall–Kier alpha value is -2.22.